The zero-order valence-corrected chi connectivity index (χ0v) is 21.5. The van der Waals surface area contributed by atoms with Crippen molar-refractivity contribution in [1.29, 1.82) is 0 Å². The van der Waals surface area contributed by atoms with Crippen LogP contribution in [0.5, 0.6) is 11.5 Å². The molecule has 0 heterocycles. The van der Waals surface area contributed by atoms with Gasteiger partial charge in [-0.05, 0) is 43.9 Å². The summed E-state index contributed by atoms with van der Waals surface area (Å²) in [7, 11) is 0. The third-order valence-corrected chi connectivity index (χ3v) is 5.34. The minimum atomic E-state index is -1.38. The highest BCUT2D eigenvalue weighted by molar-refractivity contribution is 5.75. The lowest BCUT2D eigenvalue weighted by Gasteiger charge is -2.31. The summed E-state index contributed by atoms with van der Waals surface area (Å²) in [6.07, 6.45) is -0.731. The highest BCUT2D eigenvalue weighted by Gasteiger charge is 2.35. The van der Waals surface area contributed by atoms with Gasteiger partial charge in [-0.1, -0.05) is 33.8 Å². The Balaban J connectivity index is 3.39. The maximum atomic E-state index is 12.1. The zero-order valence-electron chi connectivity index (χ0n) is 21.5. The summed E-state index contributed by atoms with van der Waals surface area (Å²) >= 11 is 0. The van der Waals surface area contributed by atoms with Crippen LogP contribution in [-0.4, -0.2) is 54.7 Å². The van der Waals surface area contributed by atoms with Crippen LogP contribution in [0.2, 0.25) is 0 Å². The van der Waals surface area contributed by atoms with Crippen molar-refractivity contribution in [3.05, 3.63) is 23.8 Å². The molecule has 0 aliphatic heterocycles. The summed E-state index contributed by atoms with van der Waals surface area (Å²) in [6.45, 7) is 9.06. The van der Waals surface area contributed by atoms with E-state index < -0.39 is 48.2 Å². The lowest BCUT2D eigenvalue weighted by molar-refractivity contribution is -0.151. The smallest absolute Gasteiger partial charge is 0.480 e. The molecule has 3 unspecified atom stereocenters. The number of carbonyl (C=O) groups is 4. The number of nitrogens with two attached hydrogens (primary N) is 1. The van der Waals surface area contributed by atoms with Gasteiger partial charge in [0.15, 0.2) is 11.5 Å². The van der Waals surface area contributed by atoms with Crippen LogP contribution in [0.1, 0.15) is 71.8 Å². The van der Waals surface area contributed by atoms with Crippen LogP contribution in [0, 0.1) is 5.92 Å². The fourth-order valence-corrected chi connectivity index (χ4v) is 3.37. The molecule has 0 bridgehead atoms. The molecule has 11 heteroatoms. The Labute approximate surface area is 211 Å². The molecule has 1 aromatic rings. The number of carboxylic acid groups (broad SMARTS) is 1. The molecule has 0 aliphatic carbocycles. The van der Waals surface area contributed by atoms with Crippen molar-refractivity contribution < 1.29 is 48.0 Å². The number of ether oxygens (including phenoxy) is 5. The maximum absolute atomic E-state index is 12.1. The van der Waals surface area contributed by atoms with E-state index in [4.69, 9.17) is 29.4 Å². The van der Waals surface area contributed by atoms with Crippen LogP contribution >= 0.6 is 0 Å². The fourth-order valence-electron chi connectivity index (χ4n) is 3.37. The van der Waals surface area contributed by atoms with Crippen molar-refractivity contribution in [2.75, 3.05) is 13.2 Å². The zero-order chi connectivity index (χ0) is 27.3. The van der Waals surface area contributed by atoms with Crippen molar-refractivity contribution in [2.24, 2.45) is 11.7 Å². The lowest BCUT2D eigenvalue weighted by Crippen LogP contribution is -2.42. The Morgan fingerprint density at radius 3 is 1.94 bits per heavy atom. The Hall–Kier alpha value is -3.34. The van der Waals surface area contributed by atoms with Crippen LogP contribution in [0.15, 0.2) is 18.2 Å². The van der Waals surface area contributed by atoms with Crippen LogP contribution in [0.25, 0.3) is 0 Å². The molecule has 3 N–H and O–H groups in total. The van der Waals surface area contributed by atoms with E-state index in [-0.39, 0.29) is 31.1 Å². The van der Waals surface area contributed by atoms with E-state index >= 15 is 0 Å². The van der Waals surface area contributed by atoms with Gasteiger partial charge < -0.3 is 34.5 Å². The summed E-state index contributed by atoms with van der Waals surface area (Å²) in [5, 5.41) is 9.65. The number of aliphatic carboxylic acids is 1. The van der Waals surface area contributed by atoms with Crippen molar-refractivity contribution in [3.8, 4) is 11.5 Å². The molecule has 0 saturated heterocycles. The van der Waals surface area contributed by atoms with E-state index in [1.807, 2.05) is 13.8 Å². The lowest BCUT2D eigenvalue weighted by atomic mass is 9.79. The molecule has 0 aliphatic rings. The molecule has 0 saturated carbocycles. The predicted molar refractivity (Wildman–Crippen MR) is 129 cm³/mol. The molecule has 0 radical (unpaired) electrons. The molecule has 0 fully saturated rings. The fraction of sp³-hybridized carbons (Fsp3) is 0.600. The second-order valence-electron chi connectivity index (χ2n) is 8.30. The summed E-state index contributed by atoms with van der Waals surface area (Å²) in [6, 6.07) is 2.80. The summed E-state index contributed by atoms with van der Waals surface area (Å²) < 4.78 is 25.7. The van der Waals surface area contributed by atoms with E-state index in [2.05, 4.69) is 0 Å². The highest BCUT2D eigenvalue weighted by atomic mass is 16.7. The number of hydrogen-bond acceptors (Lipinski definition) is 10. The van der Waals surface area contributed by atoms with E-state index in [0.717, 1.165) is 0 Å². The molecule has 1 aromatic carbocycles. The van der Waals surface area contributed by atoms with E-state index in [0.29, 0.717) is 24.8 Å². The molecule has 11 nitrogen and oxygen atoms in total. The molecule has 36 heavy (non-hydrogen) atoms. The van der Waals surface area contributed by atoms with Gasteiger partial charge in [0.25, 0.3) is 0 Å². The minimum Gasteiger partial charge on any atom is -0.480 e. The molecule has 0 aromatic heterocycles. The molecular formula is C25H37NO10. The first-order valence-corrected chi connectivity index (χ1v) is 12.1. The second-order valence-corrected chi connectivity index (χ2v) is 8.30. The van der Waals surface area contributed by atoms with Crippen molar-refractivity contribution >= 4 is 24.2 Å². The number of esters is 1. The first kappa shape index (κ1) is 30.7. The molecule has 4 atom stereocenters. The Morgan fingerprint density at radius 2 is 1.44 bits per heavy atom. The van der Waals surface area contributed by atoms with Crippen LogP contribution in [0.3, 0.4) is 0 Å². The van der Waals surface area contributed by atoms with Crippen molar-refractivity contribution in [1.82, 2.24) is 0 Å². The second kappa shape index (κ2) is 15.6. The van der Waals surface area contributed by atoms with Crippen molar-refractivity contribution in [3.63, 3.8) is 0 Å². The maximum Gasteiger partial charge on any atom is 0.513 e. The van der Waals surface area contributed by atoms with Crippen LogP contribution in [-0.2, 0) is 23.8 Å². The van der Waals surface area contributed by atoms with Gasteiger partial charge in [-0.3, -0.25) is 9.59 Å². The minimum absolute atomic E-state index is 0.109. The van der Waals surface area contributed by atoms with Gasteiger partial charge in [0, 0.05) is 18.3 Å². The van der Waals surface area contributed by atoms with Gasteiger partial charge in [0.2, 0.25) is 0 Å². The van der Waals surface area contributed by atoms with Gasteiger partial charge in [0.05, 0.1) is 13.2 Å². The van der Waals surface area contributed by atoms with Crippen molar-refractivity contribution in [2.45, 2.75) is 78.4 Å². The molecule has 0 amide bonds. The Morgan fingerprint density at radius 1 is 0.889 bits per heavy atom. The number of carboxylic acids is 1. The van der Waals surface area contributed by atoms with Gasteiger partial charge in [-0.2, -0.15) is 0 Å². The highest BCUT2D eigenvalue weighted by Crippen LogP contribution is 2.37. The summed E-state index contributed by atoms with van der Waals surface area (Å²) in [5.74, 6) is -3.40. The number of carbonyl (C=O) groups excluding carboxylic acids is 3. The molecule has 1 rings (SSSR count). The third-order valence-electron chi connectivity index (χ3n) is 5.34. The quantitative estimate of drug-likeness (QED) is 0.207. The Bertz CT molecular complexity index is 888. The third kappa shape index (κ3) is 9.73. The Kier molecular flexibility index (Phi) is 13.3. The molecule has 0 spiro atoms. The van der Waals surface area contributed by atoms with Crippen LogP contribution < -0.4 is 15.2 Å². The monoisotopic (exact) mass is 511 g/mol. The van der Waals surface area contributed by atoms with Gasteiger partial charge >= 0.3 is 24.2 Å². The average molecular weight is 512 g/mol. The number of benzene rings is 1. The van der Waals surface area contributed by atoms with E-state index in [1.54, 1.807) is 20.8 Å². The predicted octanol–water partition coefficient (Wildman–Crippen LogP) is 4.40. The topological polar surface area (TPSA) is 161 Å². The summed E-state index contributed by atoms with van der Waals surface area (Å²) in [4.78, 5) is 48.0. The number of rotatable bonds is 14. The average Bonchev–Trinajstić information content (AvgIpc) is 2.82. The van der Waals surface area contributed by atoms with Gasteiger partial charge in [-0.25, -0.2) is 9.59 Å². The first-order valence-electron chi connectivity index (χ1n) is 12.1. The number of hydrogen-bond donors (Lipinski definition) is 2. The largest absolute Gasteiger partial charge is 0.513 e. The van der Waals surface area contributed by atoms with E-state index in [1.165, 1.54) is 18.2 Å². The summed E-state index contributed by atoms with van der Waals surface area (Å²) in [5.41, 5.74) is 6.40. The van der Waals surface area contributed by atoms with Crippen LogP contribution in [0.4, 0.5) is 9.59 Å². The molecule has 202 valence electrons. The first-order chi connectivity index (χ1) is 17.0. The van der Waals surface area contributed by atoms with Gasteiger partial charge in [-0.15, -0.1) is 0 Å². The SMILES string of the molecule is CCCOC(=O)Oc1ccc(C(C(C)C(C)OC(=O)CCC)[C@H](N)C(=O)O)cc1OC(=O)OCCC. The van der Waals surface area contributed by atoms with Gasteiger partial charge in [0.1, 0.15) is 12.1 Å². The normalized spacial score (nSPS) is 14.1. The molecular weight excluding hydrogens is 474 g/mol. The standard InChI is InChI=1S/C25H37NO10/c1-6-9-20(27)34-16(5)15(4)21(22(26)23(28)29)17-10-11-18(35-24(30)32-12-7-2)19(14-17)36-25(31)33-13-8-3/h10-11,14-16,21-22H,6-9,12-13,26H2,1-5H3,(H,28,29)/t15?,16?,21?,22-/m0/s1. The van der Waals surface area contributed by atoms with E-state index in [9.17, 15) is 24.3 Å².